The van der Waals surface area contributed by atoms with E-state index in [0.717, 1.165) is 32.7 Å². The van der Waals surface area contributed by atoms with Crippen LogP contribution in [0.5, 0.6) is 0 Å². The first kappa shape index (κ1) is 13.9. The van der Waals surface area contributed by atoms with Gasteiger partial charge in [0.15, 0.2) is 0 Å². The zero-order chi connectivity index (χ0) is 14.7. The van der Waals surface area contributed by atoms with E-state index >= 15 is 0 Å². The van der Waals surface area contributed by atoms with Crippen molar-refractivity contribution in [1.29, 1.82) is 0 Å². The highest BCUT2D eigenvalue weighted by atomic mass is 79.9. The Morgan fingerprint density at radius 1 is 1.00 bits per heavy atom. The monoisotopic (exact) mass is 340 g/mol. The Labute approximate surface area is 131 Å². The van der Waals surface area contributed by atoms with Gasteiger partial charge in [0, 0.05) is 35.2 Å². The first-order valence-electron chi connectivity index (χ1n) is 6.49. The Kier molecular flexibility index (Phi) is 4.03. The Morgan fingerprint density at radius 2 is 1.90 bits per heavy atom. The fourth-order valence-corrected chi connectivity index (χ4v) is 2.44. The summed E-state index contributed by atoms with van der Waals surface area (Å²) in [5.41, 5.74) is 10.3. The summed E-state index contributed by atoms with van der Waals surface area (Å²) in [6.45, 7) is 0.384. The number of rotatable bonds is 3. The summed E-state index contributed by atoms with van der Waals surface area (Å²) < 4.78 is 0.936. The molecule has 0 aliphatic carbocycles. The van der Waals surface area contributed by atoms with Crippen molar-refractivity contribution in [3.63, 3.8) is 0 Å². The molecule has 3 rings (SSSR count). The van der Waals surface area contributed by atoms with E-state index in [0.29, 0.717) is 6.54 Å². The summed E-state index contributed by atoms with van der Waals surface area (Å²) in [5.74, 6) is 0. The summed E-state index contributed by atoms with van der Waals surface area (Å²) in [6, 6.07) is 11.8. The summed E-state index contributed by atoms with van der Waals surface area (Å²) in [5, 5.41) is 0. The lowest BCUT2D eigenvalue weighted by Crippen LogP contribution is -2.01. The molecule has 0 aliphatic rings. The Bertz CT molecular complexity index is 759. The van der Waals surface area contributed by atoms with Gasteiger partial charge < -0.3 is 5.73 Å². The zero-order valence-electron chi connectivity index (χ0n) is 11.2. The van der Waals surface area contributed by atoms with Gasteiger partial charge in [0.2, 0.25) is 0 Å². The van der Waals surface area contributed by atoms with Crippen molar-refractivity contribution in [2.75, 3.05) is 0 Å². The van der Waals surface area contributed by atoms with E-state index in [1.165, 1.54) is 0 Å². The molecule has 2 N–H and O–H groups in total. The van der Waals surface area contributed by atoms with Gasteiger partial charge in [-0.05, 0) is 51.8 Å². The van der Waals surface area contributed by atoms with Gasteiger partial charge in [0.1, 0.15) is 0 Å². The Morgan fingerprint density at radius 3 is 2.62 bits per heavy atom. The van der Waals surface area contributed by atoms with Crippen LogP contribution in [0.15, 0.2) is 59.5 Å². The second kappa shape index (κ2) is 6.11. The molecule has 0 saturated carbocycles. The van der Waals surface area contributed by atoms with Crippen LogP contribution in [-0.2, 0) is 6.54 Å². The second-order valence-corrected chi connectivity index (χ2v) is 5.46. The SMILES string of the molecule is NCc1cc(-c2cncc(Br)c2)cc(-c2ccccn2)n1. The first-order chi connectivity index (χ1) is 10.3. The lowest BCUT2D eigenvalue weighted by Gasteiger charge is -2.08. The minimum atomic E-state index is 0.384. The van der Waals surface area contributed by atoms with Gasteiger partial charge in [-0.3, -0.25) is 9.97 Å². The van der Waals surface area contributed by atoms with Gasteiger partial charge in [-0.15, -0.1) is 0 Å². The van der Waals surface area contributed by atoms with Gasteiger partial charge in [0.25, 0.3) is 0 Å². The standard InChI is InChI=1S/C16H13BrN4/c17-13-5-12(9-19-10-13)11-6-14(8-18)21-16(7-11)15-3-1-2-4-20-15/h1-7,9-10H,8,18H2. The minimum absolute atomic E-state index is 0.384. The average Bonchev–Trinajstić information content (AvgIpc) is 2.55. The fraction of sp³-hybridized carbons (Fsp3) is 0.0625. The number of pyridine rings is 3. The molecule has 0 unspecified atom stereocenters. The first-order valence-corrected chi connectivity index (χ1v) is 7.29. The van der Waals surface area contributed by atoms with Gasteiger partial charge in [-0.1, -0.05) is 6.07 Å². The predicted molar refractivity (Wildman–Crippen MR) is 86.3 cm³/mol. The lowest BCUT2D eigenvalue weighted by molar-refractivity contribution is 0.991. The fourth-order valence-electron chi connectivity index (χ4n) is 2.07. The normalized spacial score (nSPS) is 10.6. The van der Waals surface area contributed by atoms with E-state index in [-0.39, 0.29) is 0 Å². The van der Waals surface area contributed by atoms with Crippen molar-refractivity contribution >= 4 is 15.9 Å². The summed E-state index contributed by atoms with van der Waals surface area (Å²) in [6.07, 6.45) is 5.34. The molecule has 5 heteroatoms. The maximum absolute atomic E-state index is 5.77. The molecule has 0 atom stereocenters. The van der Waals surface area contributed by atoms with E-state index in [9.17, 15) is 0 Å². The molecule has 3 aromatic rings. The van der Waals surface area contributed by atoms with Crippen molar-refractivity contribution < 1.29 is 0 Å². The van der Waals surface area contributed by atoms with E-state index in [1.807, 2.05) is 42.6 Å². The number of halogens is 1. The third-order valence-corrected chi connectivity index (χ3v) is 3.49. The molecule has 0 saturated heterocycles. The van der Waals surface area contributed by atoms with Crippen LogP contribution in [0.2, 0.25) is 0 Å². The van der Waals surface area contributed by atoms with Crippen LogP contribution in [0, 0.1) is 0 Å². The van der Waals surface area contributed by atoms with E-state index in [4.69, 9.17) is 5.73 Å². The highest BCUT2D eigenvalue weighted by molar-refractivity contribution is 9.10. The molecule has 104 valence electrons. The van der Waals surface area contributed by atoms with Crippen molar-refractivity contribution in [3.8, 4) is 22.5 Å². The number of hydrogen-bond donors (Lipinski definition) is 1. The van der Waals surface area contributed by atoms with E-state index < -0.39 is 0 Å². The maximum atomic E-state index is 5.77. The zero-order valence-corrected chi connectivity index (χ0v) is 12.8. The number of aromatic nitrogens is 3. The maximum Gasteiger partial charge on any atom is 0.0896 e. The minimum Gasteiger partial charge on any atom is -0.325 e. The molecule has 0 aromatic carbocycles. The van der Waals surface area contributed by atoms with E-state index in [2.05, 4.69) is 30.9 Å². The number of nitrogens with zero attached hydrogens (tertiary/aromatic N) is 3. The van der Waals surface area contributed by atoms with Crippen molar-refractivity contribution in [2.24, 2.45) is 5.73 Å². The molecule has 0 radical (unpaired) electrons. The van der Waals surface area contributed by atoms with Crippen LogP contribution >= 0.6 is 15.9 Å². The lowest BCUT2D eigenvalue weighted by atomic mass is 10.1. The Balaban J connectivity index is 2.14. The second-order valence-electron chi connectivity index (χ2n) is 4.54. The van der Waals surface area contributed by atoms with Crippen LogP contribution in [-0.4, -0.2) is 15.0 Å². The molecule has 0 amide bonds. The number of hydrogen-bond acceptors (Lipinski definition) is 4. The van der Waals surface area contributed by atoms with Crippen LogP contribution in [0.25, 0.3) is 22.5 Å². The molecule has 3 aromatic heterocycles. The summed E-state index contributed by atoms with van der Waals surface area (Å²) in [7, 11) is 0. The molecular formula is C16H13BrN4. The summed E-state index contributed by atoms with van der Waals surface area (Å²) in [4.78, 5) is 13.1. The largest absolute Gasteiger partial charge is 0.325 e. The van der Waals surface area contributed by atoms with Crippen LogP contribution in [0.1, 0.15) is 5.69 Å². The smallest absolute Gasteiger partial charge is 0.0896 e. The number of nitrogens with two attached hydrogens (primary N) is 1. The van der Waals surface area contributed by atoms with Gasteiger partial charge >= 0.3 is 0 Å². The molecule has 0 bridgehead atoms. The molecule has 4 nitrogen and oxygen atoms in total. The summed E-state index contributed by atoms with van der Waals surface area (Å²) >= 11 is 3.44. The van der Waals surface area contributed by atoms with Gasteiger partial charge in [0.05, 0.1) is 17.1 Å². The molecule has 3 heterocycles. The Hall–Kier alpha value is -2.11. The molecule has 0 aliphatic heterocycles. The van der Waals surface area contributed by atoms with Crippen LogP contribution in [0.3, 0.4) is 0 Å². The van der Waals surface area contributed by atoms with Crippen LogP contribution in [0.4, 0.5) is 0 Å². The van der Waals surface area contributed by atoms with Crippen LogP contribution < -0.4 is 5.73 Å². The predicted octanol–water partition coefficient (Wildman–Crippen LogP) is 3.43. The van der Waals surface area contributed by atoms with Crippen molar-refractivity contribution in [3.05, 3.63) is 65.2 Å². The molecule has 0 spiro atoms. The molecular weight excluding hydrogens is 328 g/mol. The quantitative estimate of drug-likeness (QED) is 0.793. The van der Waals surface area contributed by atoms with Crippen molar-refractivity contribution in [2.45, 2.75) is 6.54 Å². The third kappa shape index (κ3) is 3.15. The van der Waals surface area contributed by atoms with Gasteiger partial charge in [-0.25, -0.2) is 4.98 Å². The average molecular weight is 341 g/mol. The molecule has 0 fully saturated rings. The molecule has 21 heavy (non-hydrogen) atoms. The van der Waals surface area contributed by atoms with Crippen molar-refractivity contribution in [1.82, 2.24) is 15.0 Å². The van der Waals surface area contributed by atoms with Gasteiger partial charge in [-0.2, -0.15) is 0 Å². The van der Waals surface area contributed by atoms with E-state index in [1.54, 1.807) is 12.4 Å². The topological polar surface area (TPSA) is 64.7 Å². The third-order valence-electron chi connectivity index (χ3n) is 3.05. The highest BCUT2D eigenvalue weighted by Gasteiger charge is 2.07. The highest BCUT2D eigenvalue weighted by Crippen LogP contribution is 2.26.